The minimum Gasteiger partial charge on any atom is -0.509 e. The van der Waals surface area contributed by atoms with Crippen LogP contribution in [-0.2, 0) is 0 Å². The minimum absolute atomic E-state index is 0.0239. The second kappa shape index (κ2) is 4.30. The van der Waals surface area contributed by atoms with Crippen molar-refractivity contribution in [3.63, 3.8) is 0 Å². The third-order valence-electron chi connectivity index (χ3n) is 1.44. The lowest BCUT2D eigenvalue weighted by Crippen LogP contribution is -1.86. The molecule has 0 saturated heterocycles. The van der Waals surface area contributed by atoms with Crippen molar-refractivity contribution in [2.75, 3.05) is 7.11 Å². The Labute approximate surface area is 77.0 Å². The normalized spacial score (nSPS) is 10.2. The first-order chi connectivity index (χ1) is 6.22. The SMILES string of the molecule is C=C(O)/C=C/c1ccc(OC)nc1. The molecule has 0 aliphatic carbocycles. The molecule has 0 fully saturated rings. The van der Waals surface area contributed by atoms with Crippen LogP contribution in [-0.4, -0.2) is 17.2 Å². The fraction of sp³-hybridized carbons (Fsp3) is 0.100. The molecule has 1 heterocycles. The van der Waals surface area contributed by atoms with Crippen LogP contribution in [0.3, 0.4) is 0 Å². The van der Waals surface area contributed by atoms with E-state index in [4.69, 9.17) is 9.84 Å². The van der Waals surface area contributed by atoms with E-state index in [1.807, 2.05) is 6.07 Å². The number of allylic oxidation sites excluding steroid dienone is 1. The van der Waals surface area contributed by atoms with Crippen molar-refractivity contribution in [2.24, 2.45) is 0 Å². The first-order valence-electron chi connectivity index (χ1n) is 3.78. The molecular weight excluding hydrogens is 166 g/mol. The van der Waals surface area contributed by atoms with Gasteiger partial charge in [-0.15, -0.1) is 0 Å². The maximum atomic E-state index is 8.79. The van der Waals surface area contributed by atoms with Crippen molar-refractivity contribution in [1.29, 1.82) is 0 Å². The third kappa shape index (κ3) is 2.99. The summed E-state index contributed by atoms with van der Waals surface area (Å²) in [4.78, 5) is 3.99. The molecule has 1 aromatic rings. The smallest absolute Gasteiger partial charge is 0.212 e. The summed E-state index contributed by atoms with van der Waals surface area (Å²) in [6.45, 7) is 3.33. The van der Waals surface area contributed by atoms with E-state index in [0.717, 1.165) is 5.56 Å². The Morgan fingerprint density at radius 1 is 1.62 bits per heavy atom. The molecule has 0 bridgehead atoms. The largest absolute Gasteiger partial charge is 0.509 e. The van der Waals surface area contributed by atoms with Gasteiger partial charge in [0.25, 0.3) is 0 Å². The van der Waals surface area contributed by atoms with E-state index < -0.39 is 0 Å². The fourth-order valence-corrected chi connectivity index (χ4v) is 0.803. The van der Waals surface area contributed by atoms with Gasteiger partial charge in [0.2, 0.25) is 5.88 Å². The number of nitrogens with zero attached hydrogens (tertiary/aromatic N) is 1. The summed E-state index contributed by atoms with van der Waals surface area (Å²) in [7, 11) is 1.56. The molecule has 3 nitrogen and oxygen atoms in total. The molecule has 0 unspecified atom stereocenters. The highest BCUT2D eigenvalue weighted by Crippen LogP contribution is 2.08. The van der Waals surface area contributed by atoms with Crippen molar-refractivity contribution in [2.45, 2.75) is 0 Å². The Hall–Kier alpha value is -1.77. The monoisotopic (exact) mass is 177 g/mol. The summed E-state index contributed by atoms with van der Waals surface area (Å²) in [6.07, 6.45) is 4.87. The number of methoxy groups -OCH3 is 1. The Balaban J connectivity index is 2.75. The average molecular weight is 177 g/mol. The van der Waals surface area contributed by atoms with Crippen LogP contribution in [0.1, 0.15) is 5.56 Å². The Morgan fingerprint density at radius 3 is 2.85 bits per heavy atom. The number of rotatable bonds is 3. The molecule has 68 valence electrons. The molecule has 0 amide bonds. The molecule has 0 aliphatic heterocycles. The average Bonchev–Trinajstić information content (AvgIpc) is 2.15. The summed E-state index contributed by atoms with van der Waals surface area (Å²) >= 11 is 0. The van der Waals surface area contributed by atoms with Crippen molar-refractivity contribution in [1.82, 2.24) is 4.98 Å². The molecule has 3 heteroatoms. The predicted octanol–water partition coefficient (Wildman–Crippen LogP) is 2.18. The number of aliphatic hydroxyl groups excluding tert-OH is 1. The van der Waals surface area contributed by atoms with Crippen LogP contribution in [0.2, 0.25) is 0 Å². The molecule has 1 rings (SSSR count). The Bertz CT molecular complexity index is 314. The fourth-order valence-electron chi connectivity index (χ4n) is 0.803. The maximum Gasteiger partial charge on any atom is 0.212 e. The van der Waals surface area contributed by atoms with Crippen LogP contribution < -0.4 is 4.74 Å². The van der Waals surface area contributed by atoms with Crippen LogP contribution in [0.5, 0.6) is 5.88 Å². The lowest BCUT2D eigenvalue weighted by atomic mass is 10.2. The molecule has 0 atom stereocenters. The zero-order chi connectivity index (χ0) is 9.68. The van der Waals surface area contributed by atoms with Crippen LogP contribution in [0, 0.1) is 0 Å². The van der Waals surface area contributed by atoms with E-state index >= 15 is 0 Å². The first kappa shape index (κ1) is 9.32. The molecule has 13 heavy (non-hydrogen) atoms. The van der Waals surface area contributed by atoms with Gasteiger partial charge in [-0.1, -0.05) is 6.58 Å². The van der Waals surface area contributed by atoms with E-state index in [-0.39, 0.29) is 5.76 Å². The highest BCUT2D eigenvalue weighted by Gasteiger charge is 1.90. The second-order valence-electron chi connectivity index (χ2n) is 2.46. The van der Waals surface area contributed by atoms with Gasteiger partial charge in [0.05, 0.1) is 7.11 Å². The molecule has 0 aromatic carbocycles. The van der Waals surface area contributed by atoms with E-state index in [2.05, 4.69) is 11.6 Å². The van der Waals surface area contributed by atoms with Gasteiger partial charge in [-0.3, -0.25) is 0 Å². The second-order valence-corrected chi connectivity index (χ2v) is 2.46. The van der Waals surface area contributed by atoms with Gasteiger partial charge in [-0.05, 0) is 23.8 Å². The summed E-state index contributed by atoms with van der Waals surface area (Å²) in [5, 5.41) is 8.79. The summed E-state index contributed by atoms with van der Waals surface area (Å²) in [6, 6.07) is 3.59. The molecular formula is C10H11NO2. The third-order valence-corrected chi connectivity index (χ3v) is 1.44. The van der Waals surface area contributed by atoms with Gasteiger partial charge in [-0.2, -0.15) is 0 Å². The van der Waals surface area contributed by atoms with Gasteiger partial charge < -0.3 is 9.84 Å². The van der Waals surface area contributed by atoms with Crippen LogP contribution in [0.4, 0.5) is 0 Å². The summed E-state index contributed by atoms with van der Waals surface area (Å²) in [5.74, 6) is 0.593. The molecule has 0 radical (unpaired) electrons. The first-order valence-corrected chi connectivity index (χ1v) is 3.78. The highest BCUT2D eigenvalue weighted by atomic mass is 16.5. The number of hydrogen-bond acceptors (Lipinski definition) is 3. The van der Waals surface area contributed by atoms with Crippen LogP contribution >= 0.6 is 0 Å². The van der Waals surface area contributed by atoms with Crippen LogP contribution in [0.25, 0.3) is 6.08 Å². The standard InChI is InChI=1S/C10H11NO2/c1-8(12)3-4-9-5-6-10(13-2)11-7-9/h3-7,12H,1H2,2H3/b4-3+. The Morgan fingerprint density at radius 2 is 2.38 bits per heavy atom. The Kier molecular flexibility index (Phi) is 3.09. The molecule has 0 aliphatic rings. The van der Waals surface area contributed by atoms with E-state index in [1.54, 1.807) is 25.4 Å². The van der Waals surface area contributed by atoms with Crippen molar-refractivity contribution in [3.8, 4) is 5.88 Å². The van der Waals surface area contributed by atoms with Gasteiger partial charge >= 0.3 is 0 Å². The quantitative estimate of drug-likeness (QED) is 0.568. The maximum absolute atomic E-state index is 8.79. The minimum atomic E-state index is 0.0239. The lowest BCUT2D eigenvalue weighted by molar-refractivity contribution is 0.398. The van der Waals surface area contributed by atoms with Gasteiger partial charge in [0, 0.05) is 12.3 Å². The lowest BCUT2D eigenvalue weighted by Gasteiger charge is -1.97. The van der Waals surface area contributed by atoms with Gasteiger partial charge in [0.15, 0.2) is 0 Å². The van der Waals surface area contributed by atoms with Crippen molar-refractivity contribution >= 4 is 6.08 Å². The summed E-state index contributed by atoms with van der Waals surface area (Å²) < 4.78 is 4.89. The molecule has 0 saturated carbocycles. The van der Waals surface area contributed by atoms with Gasteiger partial charge in [0.1, 0.15) is 5.76 Å². The van der Waals surface area contributed by atoms with Crippen LogP contribution in [0.15, 0.2) is 36.7 Å². The topological polar surface area (TPSA) is 42.4 Å². The predicted molar refractivity (Wildman–Crippen MR) is 51.6 cm³/mol. The number of aliphatic hydroxyl groups is 1. The molecule has 0 spiro atoms. The molecule has 1 N–H and O–H groups in total. The zero-order valence-electron chi connectivity index (χ0n) is 7.40. The number of pyridine rings is 1. The number of ether oxygens (including phenoxy) is 1. The highest BCUT2D eigenvalue weighted by molar-refractivity contribution is 5.50. The van der Waals surface area contributed by atoms with E-state index in [9.17, 15) is 0 Å². The number of hydrogen-bond donors (Lipinski definition) is 1. The van der Waals surface area contributed by atoms with Gasteiger partial charge in [-0.25, -0.2) is 4.98 Å². The zero-order valence-corrected chi connectivity index (χ0v) is 7.40. The number of aromatic nitrogens is 1. The van der Waals surface area contributed by atoms with E-state index in [0.29, 0.717) is 5.88 Å². The van der Waals surface area contributed by atoms with Crippen molar-refractivity contribution in [3.05, 3.63) is 42.3 Å². The van der Waals surface area contributed by atoms with Crippen molar-refractivity contribution < 1.29 is 9.84 Å². The summed E-state index contributed by atoms with van der Waals surface area (Å²) in [5.41, 5.74) is 0.885. The van der Waals surface area contributed by atoms with E-state index in [1.165, 1.54) is 6.08 Å². The molecule has 1 aromatic heterocycles.